The molecule has 1 aliphatic carbocycles. The van der Waals surface area contributed by atoms with Crippen LogP contribution in [0, 0.1) is 5.82 Å². The van der Waals surface area contributed by atoms with Crippen molar-refractivity contribution in [1.29, 1.82) is 0 Å². The van der Waals surface area contributed by atoms with E-state index in [1.165, 1.54) is 12.1 Å². The molecule has 1 saturated heterocycles. The van der Waals surface area contributed by atoms with E-state index < -0.39 is 0 Å². The summed E-state index contributed by atoms with van der Waals surface area (Å²) < 4.78 is 12.9. The van der Waals surface area contributed by atoms with Crippen LogP contribution in [0.25, 0.3) is 0 Å². The minimum absolute atomic E-state index is 0.0500. The molecule has 0 spiro atoms. The molecule has 1 atom stereocenters. The van der Waals surface area contributed by atoms with Gasteiger partial charge in [0, 0.05) is 24.2 Å². The number of hydrogen-bond donors (Lipinski definition) is 1. The summed E-state index contributed by atoms with van der Waals surface area (Å²) in [6.45, 7) is 0.590. The second-order valence-corrected chi connectivity index (χ2v) is 6.13. The van der Waals surface area contributed by atoms with Crippen LogP contribution in [0.15, 0.2) is 24.3 Å². The van der Waals surface area contributed by atoms with Crippen LogP contribution in [0.2, 0.25) is 0 Å². The number of thioether (sulfide) groups is 1. The number of hydrogen-bond acceptors (Lipinski definition) is 3. The second kappa shape index (κ2) is 5.51. The molecular formula is C14H17FN2OS. The van der Waals surface area contributed by atoms with Crippen molar-refractivity contribution in [2.45, 2.75) is 31.5 Å². The zero-order chi connectivity index (χ0) is 13.2. The first-order chi connectivity index (χ1) is 9.24. The Kier molecular flexibility index (Phi) is 3.75. The quantitative estimate of drug-likeness (QED) is 0.915. The molecule has 1 N–H and O–H groups in total. The molecule has 1 aliphatic heterocycles. The normalized spacial score (nSPS) is 22.5. The molecule has 0 bridgehead atoms. The van der Waals surface area contributed by atoms with E-state index in [2.05, 4.69) is 5.32 Å². The van der Waals surface area contributed by atoms with Crippen LogP contribution < -0.4 is 5.32 Å². The first-order valence-corrected chi connectivity index (χ1v) is 7.75. The molecule has 2 fully saturated rings. The molecule has 3 nitrogen and oxygen atoms in total. The number of amides is 1. The minimum atomic E-state index is -0.234. The van der Waals surface area contributed by atoms with E-state index >= 15 is 0 Å². The smallest absolute Gasteiger partial charge is 0.241 e. The highest BCUT2D eigenvalue weighted by Gasteiger charge is 2.36. The van der Waals surface area contributed by atoms with Crippen molar-refractivity contribution in [3.05, 3.63) is 35.6 Å². The highest BCUT2D eigenvalue weighted by atomic mass is 32.2. The SMILES string of the molecule is O=C(C1CSCN1)N(Cc1ccc(F)cc1)C1CC1. The van der Waals surface area contributed by atoms with Gasteiger partial charge in [-0.25, -0.2) is 4.39 Å². The van der Waals surface area contributed by atoms with E-state index in [-0.39, 0.29) is 17.8 Å². The first-order valence-electron chi connectivity index (χ1n) is 6.60. The van der Waals surface area contributed by atoms with E-state index in [1.807, 2.05) is 4.90 Å². The molecule has 1 aromatic carbocycles. The number of carbonyl (C=O) groups is 1. The van der Waals surface area contributed by atoms with Gasteiger partial charge < -0.3 is 4.90 Å². The van der Waals surface area contributed by atoms with Crippen LogP contribution in [0.5, 0.6) is 0 Å². The van der Waals surface area contributed by atoms with Crippen LogP contribution in [0.1, 0.15) is 18.4 Å². The van der Waals surface area contributed by atoms with Gasteiger partial charge in [-0.05, 0) is 30.5 Å². The summed E-state index contributed by atoms with van der Waals surface area (Å²) in [7, 11) is 0. The van der Waals surface area contributed by atoms with Crippen LogP contribution in [0.4, 0.5) is 4.39 Å². The number of halogens is 1. The Morgan fingerprint density at radius 3 is 2.68 bits per heavy atom. The van der Waals surface area contributed by atoms with Crippen molar-refractivity contribution >= 4 is 17.7 Å². The van der Waals surface area contributed by atoms with Gasteiger partial charge in [0.05, 0.1) is 6.04 Å². The third-order valence-electron chi connectivity index (χ3n) is 3.55. The molecule has 1 amide bonds. The van der Waals surface area contributed by atoms with Crippen molar-refractivity contribution in [2.75, 3.05) is 11.6 Å². The maximum absolute atomic E-state index is 12.9. The monoisotopic (exact) mass is 280 g/mol. The molecule has 1 unspecified atom stereocenters. The molecule has 102 valence electrons. The maximum Gasteiger partial charge on any atom is 0.241 e. The first kappa shape index (κ1) is 12.9. The van der Waals surface area contributed by atoms with E-state index in [9.17, 15) is 9.18 Å². The van der Waals surface area contributed by atoms with Crippen molar-refractivity contribution < 1.29 is 9.18 Å². The lowest BCUT2D eigenvalue weighted by Gasteiger charge is -2.25. The summed E-state index contributed by atoms with van der Waals surface area (Å²) >= 11 is 1.76. The van der Waals surface area contributed by atoms with Gasteiger partial charge in [0.15, 0.2) is 0 Å². The molecule has 1 saturated carbocycles. The Morgan fingerprint density at radius 1 is 1.37 bits per heavy atom. The summed E-state index contributed by atoms with van der Waals surface area (Å²) in [6, 6.07) is 6.75. The van der Waals surface area contributed by atoms with Gasteiger partial charge in [0.2, 0.25) is 5.91 Å². The third-order valence-corrected chi connectivity index (χ3v) is 4.49. The predicted octanol–water partition coefficient (Wildman–Crippen LogP) is 1.98. The maximum atomic E-state index is 12.9. The average Bonchev–Trinajstić information content (AvgIpc) is 3.11. The van der Waals surface area contributed by atoms with Gasteiger partial charge in [-0.15, -0.1) is 11.8 Å². The number of nitrogens with one attached hydrogen (secondary N) is 1. The average molecular weight is 280 g/mol. The fourth-order valence-corrected chi connectivity index (χ4v) is 3.25. The summed E-state index contributed by atoms with van der Waals surface area (Å²) in [5, 5.41) is 3.23. The number of rotatable bonds is 4. The molecule has 1 heterocycles. The van der Waals surface area contributed by atoms with Gasteiger partial charge >= 0.3 is 0 Å². The Labute approximate surface area is 116 Å². The zero-order valence-corrected chi connectivity index (χ0v) is 11.5. The number of nitrogens with zero attached hydrogens (tertiary/aromatic N) is 1. The molecule has 0 aromatic heterocycles. The molecule has 2 aliphatic rings. The van der Waals surface area contributed by atoms with Gasteiger partial charge in [0.25, 0.3) is 0 Å². The standard InChI is InChI=1S/C14H17FN2OS/c15-11-3-1-10(2-4-11)7-17(12-5-6-12)14(18)13-8-19-9-16-13/h1-4,12-13,16H,5-9H2. The van der Waals surface area contributed by atoms with Crippen LogP contribution in [-0.4, -0.2) is 34.5 Å². The lowest BCUT2D eigenvalue weighted by atomic mass is 10.2. The summed E-state index contributed by atoms with van der Waals surface area (Å²) in [6.07, 6.45) is 2.18. The fourth-order valence-electron chi connectivity index (χ4n) is 2.31. The Bertz CT molecular complexity index is 455. The second-order valence-electron chi connectivity index (χ2n) is 5.10. The predicted molar refractivity (Wildman–Crippen MR) is 74.2 cm³/mol. The summed E-state index contributed by atoms with van der Waals surface area (Å²) in [5.41, 5.74) is 0.993. The third kappa shape index (κ3) is 3.09. The van der Waals surface area contributed by atoms with E-state index in [0.717, 1.165) is 30.0 Å². The highest BCUT2D eigenvalue weighted by Crippen LogP contribution is 2.29. The summed E-state index contributed by atoms with van der Waals surface area (Å²) in [4.78, 5) is 14.4. The van der Waals surface area contributed by atoms with Crippen molar-refractivity contribution in [1.82, 2.24) is 10.2 Å². The number of benzene rings is 1. The van der Waals surface area contributed by atoms with Crippen LogP contribution in [0.3, 0.4) is 0 Å². The zero-order valence-electron chi connectivity index (χ0n) is 10.6. The van der Waals surface area contributed by atoms with E-state index in [4.69, 9.17) is 0 Å². The molecule has 3 rings (SSSR count). The Morgan fingerprint density at radius 2 is 2.11 bits per heavy atom. The van der Waals surface area contributed by atoms with Gasteiger partial charge in [-0.1, -0.05) is 12.1 Å². The minimum Gasteiger partial charge on any atom is -0.334 e. The molecule has 19 heavy (non-hydrogen) atoms. The fraction of sp³-hybridized carbons (Fsp3) is 0.500. The van der Waals surface area contributed by atoms with Crippen molar-refractivity contribution in [2.24, 2.45) is 0 Å². The van der Waals surface area contributed by atoms with Crippen molar-refractivity contribution in [3.63, 3.8) is 0 Å². The van der Waals surface area contributed by atoms with E-state index in [0.29, 0.717) is 12.6 Å². The molecular weight excluding hydrogens is 263 g/mol. The number of carbonyl (C=O) groups excluding carboxylic acids is 1. The lowest BCUT2D eigenvalue weighted by Crippen LogP contribution is -2.45. The molecule has 1 aromatic rings. The topological polar surface area (TPSA) is 32.3 Å². The highest BCUT2D eigenvalue weighted by molar-refractivity contribution is 7.99. The van der Waals surface area contributed by atoms with Gasteiger partial charge in [-0.3, -0.25) is 10.1 Å². The largest absolute Gasteiger partial charge is 0.334 e. The van der Waals surface area contributed by atoms with Crippen LogP contribution >= 0.6 is 11.8 Å². The Balaban J connectivity index is 1.70. The lowest BCUT2D eigenvalue weighted by molar-refractivity contribution is -0.133. The van der Waals surface area contributed by atoms with Crippen LogP contribution in [-0.2, 0) is 11.3 Å². The summed E-state index contributed by atoms with van der Waals surface area (Å²) in [5.74, 6) is 1.66. The Hall–Kier alpha value is -1.07. The van der Waals surface area contributed by atoms with Crippen molar-refractivity contribution in [3.8, 4) is 0 Å². The molecule has 5 heteroatoms. The van der Waals surface area contributed by atoms with Gasteiger partial charge in [-0.2, -0.15) is 0 Å². The van der Waals surface area contributed by atoms with E-state index in [1.54, 1.807) is 23.9 Å². The molecule has 0 radical (unpaired) electrons. The van der Waals surface area contributed by atoms with Gasteiger partial charge in [0.1, 0.15) is 5.82 Å².